The van der Waals surface area contributed by atoms with Gasteiger partial charge in [0.05, 0.1) is 12.7 Å². The molecule has 0 aliphatic carbocycles. The maximum atomic E-state index is 13.0. The minimum Gasteiger partial charge on any atom is -0.497 e. The fraction of sp³-hybridized carbons (Fsp3) is 0.250. The summed E-state index contributed by atoms with van der Waals surface area (Å²) >= 11 is 0. The van der Waals surface area contributed by atoms with Gasteiger partial charge in [0.1, 0.15) is 5.75 Å². The van der Waals surface area contributed by atoms with Crippen LogP contribution in [0, 0.1) is 0 Å². The Hall–Kier alpha value is -3.74. The molecule has 1 unspecified atom stereocenters. The molecule has 3 aromatic carbocycles. The summed E-state index contributed by atoms with van der Waals surface area (Å²) in [4.78, 5) is 16.4. The van der Waals surface area contributed by atoms with E-state index in [4.69, 9.17) is 4.74 Å². The van der Waals surface area contributed by atoms with Gasteiger partial charge in [-0.1, -0.05) is 49.4 Å². The van der Waals surface area contributed by atoms with Crippen LogP contribution in [0.2, 0.25) is 0 Å². The van der Waals surface area contributed by atoms with Crippen molar-refractivity contribution >= 4 is 16.8 Å². The lowest BCUT2D eigenvalue weighted by molar-refractivity contribution is -0.137. The SMILES string of the molecule is CCc1cccc2c(C(CC(=O)NCc3cccc(C(F)(F)F)c3)c3cccc(OC)c3)c[nH]c12. The minimum atomic E-state index is -4.43. The predicted molar refractivity (Wildman–Crippen MR) is 130 cm³/mol. The number of hydrogen-bond donors (Lipinski definition) is 2. The molecule has 0 fully saturated rings. The molecule has 4 aromatic rings. The van der Waals surface area contributed by atoms with Gasteiger partial charge >= 0.3 is 6.18 Å². The van der Waals surface area contributed by atoms with Crippen LogP contribution >= 0.6 is 0 Å². The number of carbonyl (C=O) groups excluding carboxylic acids is 1. The molecule has 0 radical (unpaired) electrons. The van der Waals surface area contributed by atoms with Crippen LogP contribution in [0.3, 0.4) is 0 Å². The van der Waals surface area contributed by atoms with Crippen LogP contribution in [0.1, 0.15) is 47.1 Å². The van der Waals surface area contributed by atoms with Gasteiger partial charge in [-0.2, -0.15) is 13.2 Å². The quantitative estimate of drug-likeness (QED) is 0.299. The van der Waals surface area contributed by atoms with E-state index in [2.05, 4.69) is 23.3 Å². The molecule has 1 amide bonds. The Morgan fingerprint density at radius 3 is 2.57 bits per heavy atom. The summed E-state index contributed by atoms with van der Waals surface area (Å²) in [6.45, 7) is 2.11. The lowest BCUT2D eigenvalue weighted by Crippen LogP contribution is -2.25. The van der Waals surface area contributed by atoms with Crippen molar-refractivity contribution in [2.24, 2.45) is 0 Å². The Bertz CT molecular complexity index is 1330. The van der Waals surface area contributed by atoms with Gasteiger partial charge in [0.15, 0.2) is 0 Å². The average molecular weight is 481 g/mol. The fourth-order valence-electron chi connectivity index (χ4n) is 4.40. The van der Waals surface area contributed by atoms with Gasteiger partial charge in [0.25, 0.3) is 0 Å². The van der Waals surface area contributed by atoms with E-state index in [-0.39, 0.29) is 24.8 Å². The van der Waals surface area contributed by atoms with Crippen LogP contribution in [0.25, 0.3) is 10.9 Å². The van der Waals surface area contributed by atoms with Crippen molar-refractivity contribution in [3.8, 4) is 5.75 Å². The molecule has 0 spiro atoms. The van der Waals surface area contributed by atoms with Crippen LogP contribution in [-0.4, -0.2) is 18.0 Å². The van der Waals surface area contributed by atoms with E-state index in [0.29, 0.717) is 11.3 Å². The summed E-state index contributed by atoms with van der Waals surface area (Å²) in [5.74, 6) is 0.162. The number of alkyl halides is 3. The second kappa shape index (κ2) is 10.3. The number of nitrogens with one attached hydrogen (secondary N) is 2. The largest absolute Gasteiger partial charge is 0.497 e. The molecule has 1 aromatic heterocycles. The summed E-state index contributed by atoms with van der Waals surface area (Å²) in [5.41, 5.74) is 3.79. The zero-order chi connectivity index (χ0) is 25.0. The van der Waals surface area contributed by atoms with Crippen molar-refractivity contribution in [3.63, 3.8) is 0 Å². The van der Waals surface area contributed by atoms with Crippen molar-refractivity contribution < 1.29 is 22.7 Å². The van der Waals surface area contributed by atoms with Gasteiger partial charge in [-0.25, -0.2) is 0 Å². The number of aryl methyl sites for hydroxylation is 1. The van der Waals surface area contributed by atoms with Crippen LogP contribution < -0.4 is 10.1 Å². The second-order valence-electron chi connectivity index (χ2n) is 8.45. The Labute approximate surface area is 202 Å². The number of rotatable bonds is 8. The molecule has 0 bridgehead atoms. The highest BCUT2D eigenvalue weighted by Crippen LogP contribution is 2.36. The number of halogens is 3. The van der Waals surface area contributed by atoms with E-state index in [1.54, 1.807) is 13.2 Å². The lowest BCUT2D eigenvalue weighted by Gasteiger charge is -2.18. The highest BCUT2D eigenvalue weighted by Gasteiger charge is 2.30. The average Bonchev–Trinajstić information content (AvgIpc) is 3.30. The molecule has 7 heteroatoms. The molecule has 2 N–H and O–H groups in total. The Kier molecular flexibility index (Phi) is 7.15. The standard InChI is InChI=1S/C28H27F3N2O2/c1-3-19-8-6-12-23-25(17-33-27(19)23)24(20-9-5-11-22(14-20)35-2)15-26(34)32-16-18-7-4-10-21(13-18)28(29,30)31/h4-14,17,24,33H,3,15-16H2,1-2H3,(H,32,34). The first-order valence-electron chi connectivity index (χ1n) is 11.5. The normalized spacial score (nSPS) is 12.5. The number of aromatic nitrogens is 1. The molecule has 0 aliphatic heterocycles. The third-order valence-corrected chi connectivity index (χ3v) is 6.22. The van der Waals surface area contributed by atoms with E-state index >= 15 is 0 Å². The van der Waals surface area contributed by atoms with E-state index in [0.717, 1.165) is 40.6 Å². The summed E-state index contributed by atoms with van der Waals surface area (Å²) in [6, 6.07) is 18.7. The number of aromatic amines is 1. The van der Waals surface area contributed by atoms with E-state index in [9.17, 15) is 18.0 Å². The van der Waals surface area contributed by atoms with E-state index in [1.165, 1.54) is 11.6 Å². The molecule has 0 aliphatic rings. The minimum absolute atomic E-state index is 0.0153. The third-order valence-electron chi connectivity index (χ3n) is 6.22. The molecule has 35 heavy (non-hydrogen) atoms. The number of para-hydroxylation sites is 1. The number of carbonyl (C=O) groups is 1. The number of amides is 1. The van der Waals surface area contributed by atoms with Crippen LogP contribution in [0.15, 0.2) is 72.9 Å². The molecule has 1 heterocycles. The maximum absolute atomic E-state index is 13.0. The Morgan fingerprint density at radius 2 is 1.83 bits per heavy atom. The molecular formula is C28H27F3N2O2. The van der Waals surface area contributed by atoms with Gasteiger partial charge in [0, 0.05) is 36.0 Å². The van der Waals surface area contributed by atoms with Crippen LogP contribution in [-0.2, 0) is 23.9 Å². The summed E-state index contributed by atoms with van der Waals surface area (Å²) in [6.07, 6.45) is -1.48. The Morgan fingerprint density at radius 1 is 1.06 bits per heavy atom. The predicted octanol–water partition coefficient (Wildman–Crippen LogP) is 6.60. The van der Waals surface area contributed by atoms with Crippen molar-refractivity contribution in [3.05, 3.63) is 101 Å². The van der Waals surface area contributed by atoms with Crippen molar-refractivity contribution in [1.82, 2.24) is 10.3 Å². The first-order valence-corrected chi connectivity index (χ1v) is 11.5. The molecule has 1 atom stereocenters. The third kappa shape index (κ3) is 5.50. The molecule has 0 saturated heterocycles. The number of methoxy groups -OCH3 is 1. The first-order chi connectivity index (χ1) is 16.8. The van der Waals surface area contributed by atoms with Crippen molar-refractivity contribution in [1.29, 1.82) is 0 Å². The summed E-state index contributed by atoms with van der Waals surface area (Å²) in [7, 11) is 1.59. The number of fused-ring (bicyclic) bond motifs is 1. The summed E-state index contributed by atoms with van der Waals surface area (Å²) < 4.78 is 44.5. The fourth-order valence-corrected chi connectivity index (χ4v) is 4.40. The van der Waals surface area contributed by atoms with Gasteiger partial charge in [-0.15, -0.1) is 0 Å². The molecule has 0 saturated carbocycles. The molecule has 182 valence electrons. The maximum Gasteiger partial charge on any atom is 0.416 e. The molecule has 4 rings (SSSR count). The highest BCUT2D eigenvalue weighted by atomic mass is 19.4. The zero-order valence-corrected chi connectivity index (χ0v) is 19.6. The van der Waals surface area contributed by atoms with Gasteiger partial charge in [-0.3, -0.25) is 4.79 Å². The zero-order valence-electron chi connectivity index (χ0n) is 19.6. The number of ether oxygens (including phenoxy) is 1. The number of benzene rings is 3. The van der Waals surface area contributed by atoms with E-state index in [1.807, 2.05) is 42.6 Å². The highest BCUT2D eigenvalue weighted by molar-refractivity contribution is 5.88. The second-order valence-corrected chi connectivity index (χ2v) is 8.45. The van der Waals surface area contributed by atoms with E-state index < -0.39 is 11.7 Å². The van der Waals surface area contributed by atoms with Crippen molar-refractivity contribution in [2.45, 2.75) is 38.4 Å². The van der Waals surface area contributed by atoms with Gasteiger partial charge < -0.3 is 15.0 Å². The smallest absolute Gasteiger partial charge is 0.416 e. The number of H-pyrrole nitrogens is 1. The van der Waals surface area contributed by atoms with Crippen LogP contribution in [0.4, 0.5) is 13.2 Å². The lowest BCUT2D eigenvalue weighted by atomic mass is 9.87. The Balaban J connectivity index is 1.61. The van der Waals surface area contributed by atoms with Crippen molar-refractivity contribution in [2.75, 3.05) is 7.11 Å². The number of hydrogen-bond acceptors (Lipinski definition) is 2. The summed E-state index contributed by atoms with van der Waals surface area (Å²) in [5, 5.41) is 3.84. The first kappa shape index (κ1) is 24.4. The monoisotopic (exact) mass is 480 g/mol. The van der Waals surface area contributed by atoms with Gasteiger partial charge in [-0.05, 0) is 52.9 Å². The van der Waals surface area contributed by atoms with Crippen LogP contribution in [0.5, 0.6) is 5.75 Å². The topological polar surface area (TPSA) is 54.1 Å². The molecule has 4 nitrogen and oxygen atoms in total. The molecular weight excluding hydrogens is 453 g/mol. The van der Waals surface area contributed by atoms with Gasteiger partial charge in [0.2, 0.25) is 5.91 Å².